The number of nitro groups is 1. The third-order valence-corrected chi connectivity index (χ3v) is 5.08. The second kappa shape index (κ2) is 9.05. The van der Waals surface area contributed by atoms with E-state index in [0.717, 1.165) is 39.0 Å². The van der Waals surface area contributed by atoms with E-state index in [1.54, 1.807) is 0 Å². The summed E-state index contributed by atoms with van der Waals surface area (Å²) in [4.78, 5) is 24.7. The van der Waals surface area contributed by atoms with Gasteiger partial charge in [0.25, 0.3) is 5.91 Å². The van der Waals surface area contributed by atoms with Crippen LogP contribution in [0, 0.1) is 22.0 Å². The van der Waals surface area contributed by atoms with Gasteiger partial charge < -0.3 is 19.7 Å². The molecule has 1 amide bonds. The Labute approximate surface area is 158 Å². The molecule has 144 valence electrons. The van der Waals surface area contributed by atoms with E-state index >= 15 is 0 Å². The number of nitrogens with one attached hydrogen (secondary N) is 1. The molecule has 2 aliphatic rings. The number of likely N-dealkylation sites (tertiary alicyclic amines) is 1. The fourth-order valence-corrected chi connectivity index (χ4v) is 3.60. The van der Waals surface area contributed by atoms with Crippen molar-refractivity contribution < 1.29 is 19.2 Å². The highest BCUT2D eigenvalue weighted by Gasteiger charge is 2.31. The van der Waals surface area contributed by atoms with Gasteiger partial charge in [0.05, 0.1) is 12.0 Å². The summed E-state index contributed by atoms with van der Waals surface area (Å²) < 4.78 is 10.5. The summed E-state index contributed by atoms with van der Waals surface area (Å²) in [6.45, 7) is 3.54. The molecule has 0 aromatic heterocycles. The maximum Gasteiger partial charge on any atom is 0.311 e. The van der Waals surface area contributed by atoms with Gasteiger partial charge in [-0.05, 0) is 43.8 Å². The van der Waals surface area contributed by atoms with E-state index < -0.39 is 4.92 Å². The predicted molar refractivity (Wildman–Crippen MR) is 98.1 cm³/mol. The lowest BCUT2D eigenvalue weighted by Crippen LogP contribution is -2.36. The van der Waals surface area contributed by atoms with Gasteiger partial charge in [0, 0.05) is 25.2 Å². The van der Waals surface area contributed by atoms with Crippen LogP contribution in [0.1, 0.15) is 12.8 Å². The monoisotopic (exact) mass is 385 g/mol. The van der Waals surface area contributed by atoms with Crippen molar-refractivity contribution in [3.8, 4) is 11.5 Å². The lowest BCUT2D eigenvalue weighted by atomic mass is 9.92. The van der Waals surface area contributed by atoms with Crippen LogP contribution in [0.5, 0.6) is 11.5 Å². The molecule has 1 N–H and O–H groups in total. The number of hydrogen-bond acceptors (Lipinski definition) is 6. The molecule has 2 saturated heterocycles. The van der Waals surface area contributed by atoms with Crippen LogP contribution in [0.2, 0.25) is 0 Å². The van der Waals surface area contributed by atoms with E-state index in [-0.39, 0.29) is 36.4 Å². The molecule has 8 nitrogen and oxygen atoms in total. The summed E-state index contributed by atoms with van der Waals surface area (Å²) in [5.74, 6) is 1.78. The quantitative estimate of drug-likeness (QED) is 0.614. The van der Waals surface area contributed by atoms with Gasteiger partial charge in [-0.25, -0.2) is 0 Å². The lowest BCUT2D eigenvalue weighted by molar-refractivity contribution is -0.385. The van der Waals surface area contributed by atoms with Gasteiger partial charge in [-0.15, -0.1) is 12.4 Å². The van der Waals surface area contributed by atoms with Gasteiger partial charge >= 0.3 is 5.69 Å². The molecule has 2 fully saturated rings. The highest BCUT2D eigenvalue weighted by molar-refractivity contribution is 5.85. The van der Waals surface area contributed by atoms with E-state index in [0.29, 0.717) is 17.6 Å². The molecule has 2 aliphatic heterocycles. The van der Waals surface area contributed by atoms with Crippen LogP contribution in [0.15, 0.2) is 18.2 Å². The van der Waals surface area contributed by atoms with E-state index in [1.807, 2.05) is 4.90 Å². The van der Waals surface area contributed by atoms with Crippen molar-refractivity contribution in [1.82, 2.24) is 10.2 Å². The lowest BCUT2D eigenvalue weighted by Gasteiger charge is -2.21. The molecule has 0 saturated carbocycles. The van der Waals surface area contributed by atoms with Crippen LogP contribution >= 0.6 is 12.4 Å². The second-order valence-electron chi connectivity index (χ2n) is 6.52. The van der Waals surface area contributed by atoms with E-state index in [4.69, 9.17) is 9.47 Å². The number of ether oxygens (including phenoxy) is 2. The van der Waals surface area contributed by atoms with Crippen LogP contribution in [-0.2, 0) is 4.79 Å². The summed E-state index contributed by atoms with van der Waals surface area (Å²) in [6, 6.07) is 4.23. The number of benzene rings is 1. The Balaban J connectivity index is 0.00000243. The first-order chi connectivity index (χ1) is 12.1. The Morgan fingerprint density at radius 2 is 1.96 bits per heavy atom. The van der Waals surface area contributed by atoms with Crippen LogP contribution in [-0.4, -0.2) is 55.6 Å². The number of nitrogens with zero attached hydrogens (tertiary/aromatic N) is 2. The summed E-state index contributed by atoms with van der Waals surface area (Å²) in [7, 11) is 1.36. The Morgan fingerprint density at radius 3 is 2.54 bits per heavy atom. The zero-order chi connectivity index (χ0) is 17.8. The Bertz CT molecular complexity index is 643. The fraction of sp³-hybridized carbons (Fsp3) is 0.588. The number of carbonyl (C=O) groups is 1. The molecule has 9 heteroatoms. The zero-order valence-electron chi connectivity index (χ0n) is 14.7. The van der Waals surface area contributed by atoms with Crippen LogP contribution in [0.3, 0.4) is 0 Å². The Kier molecular flexibility index (Phi) is 7.05. The number of halogens is 1. The van der Waals surface area contributed by atoms with Crippen LogP contribution < -0.4 is 14.8 Å². The molecule has 2 atom stereocenters. The van der Waals surface area contributed by atoms with Gasteiger partial charge in [-0.1, -0.05) is 0 Å². The zero-order valence-corrected chi connectivity index (χ0v) is 15.5. The molecule has 0 unspecified atom stereocenters. The predicted octanol–water partition coefficient (Wildman–Crippen LogP) is 1.86. The molecule has 26 heavy (non-hydrogen) atoms. The molecule has 0 spiro atoms. The van der Waals surface area contributed by atoms with Crippen molar-refractivity contribution in [2.45, 2.75) is 12.8 Å². The smallest absolute Gasteiger partial charge is 0.311 e. The van der Waals surface area contributed by atoms with Gasteiger partial charge in [0.15, 0.2) is 6.61 Å². The number of rotatable bonds is 5. The molecule has 3 rings (SSSR count). The highest BCUT2D eigenvalue weighted by atomic mass is 35.5. The van der Waals surface area contributed by atoms with Gasteiger partial charge in [-0.3, -0.25) is 14.9 Å². The number of methoxy groups -OCH3 is 1. The normalized spacial score (nSPS) is 22.0. The van der Waals surface area contributed by atoms with Gasteiger partial charge in [0.1, 0.15) is 5.75 Å². The second-order valence-corrected chi connectivity index (χ2v) is 6.52. The number of nitro benzene ring substituents is 1. The van der Waals surface area contributed by atoms with Crippen molar-refractivity contribution >= 4 is 24.0 Å². The number of carbonyl (C=O) groups excluding carboxylic acids is 1. The first kappa shape index (κ1) is 20.3. The molecule has 0 aliphatic carbocycles. The van der Waals surface area contributed by atoms with E-state index in [1.165, 1.54) is 25.3 Å². The number of amides is 1. The van der Waals surface area contributed by atoms with Crippen LogP contribution in [0.4, 0.5) is 5.69 Å². The van der Waals surface area contributed by atoms with E-state index in [9.17, 15) is 14.9 Å². The summed E-state index contributed by atoms with van der Waals surface area (Å²) in [6.07, 6.45) is 2.05. The number of fused-ring (bicyclic) bond motifs is 1. The van der Waals surface area contributed by atoms with E-state index in [2.05, 4.69) is 5.32 Å². The minimum Gasteiger partial charge on any atom is -0.490 e. The summed E-state index contributed by atoms with van der Waals surface area (Å²) >= 11 is 0. The standard InChI is InChI=1S/C17H23N3O5.ClH/c1-24-16-8-14(2-3-15(16)20(22)23)25-11-17(21)19-6-4-12-9-18-10-13(12)5-7-19;/h2-3,8,12-13,18H,4-7,9-11H2,1H3;1H/t12-,13+;. The molecule has 2 heterocycles. The molecule has 0 radical (unpaired) electrons. The van der Waals surface area contributed by atoms with Crippen molar-refractivity contribution in [2.24, 2.45) is 11.8 Å². The first-order valence-corrected chi connectivity index (χ1v) is 8.52. The van der Waals surface area contributed by atoms with Crippen molar-refractivity contribution in [3.05, 3.63) is 28.3 Å². The molecule has 1 aromatic rings. The maximum atomic E-state index is 12.4. The third-order valence-electron chi connectivity index (χ3n) is 5.08. The first-order valence-electron chi connectivity index (χ1n) is 8.52. The summed E-state index contributed by atoms with van der Waals surface area (Å²) in [5.41, 5.74) is -0.131. The average Bonchev–Trinajstić information content (AvgIpc) is 2.97. The van der Waals surface area contributed by atoms with Crippen molar-refractivity contribution in [2.75, 3.05) is 39.9 Å². The van der Waals surface area contributed by atoms with Gasteiger partial charge in [-0.2, -0.15) is 0 Å². The Hall–Kier alpha value is -2.06. The minimum absolute atomic E-state index is 0. The van der Waals surface area contributed by atoms with Crippen molar-refractivity contribution in [1.29, 1.82) is 0 Å². The van der Waals surface area contributed by atoms with Gasteiger partial charge in [0.2, 0.25) is 5.75 Å². The Morgan fingerprint density at radius 1 is 1.31 bits per heavy atom. The molecular weight excluding hydrogens is 362 g/mol. The topological polar surface area (TPSA) is 93.9 Å². The summed E-state index contributed by atoms with van der Waals surface area (Å²) in [5, 5.41) is 14.3. The average molecular weight is 386 g/mol. The minimum atomic E-state index is -0.517. The molecular formula is C17H24ClN3O5. The fourth-order valence-electron chi connectivity index (χ4n) is 3.60. The van der Waals surface area contributed by atoms with Crippen LogP contribution in [0.25, 0.3) is 0 Å². The highest BCUT2D eigenvalue weighted by Crippen LogP contribution is 2.31. The largest absolute Gasteiger partial charge is 0.490 e. The maximum absolute atomic E-state index is 12.4. The third kappa shape index (κ3) is 4.56. The molecule has 1 aromatic carbocycles. The number of hydrogen-bond donors (Lipinski definition) is 1. The SMILES string of the molecule is COc1cc(OCC(=O)N2CC[C@@H]3CNC[C@@H]3CC2)ccc1[N+](=O)[O-].Cl. The molecule has 0 bridgehead atoms. The van der Waals surface area contributed by atoms with Crippen molar-refractivity contribution in [3.63, 3.8) is 0 Å².